The number of hydrogen-bond donors (Lipinski definition) is 0. The average Bonchev–Trinajstić information content (AvgIpc) is 2.77. The highest BCUT2D eigenvalue weighted by Gasteiger charge is 2.26. The van der Waals surface area contributed by atoms with Gasteiger partial charge >= 0.3 is 5.97 Å². The molecule has 0 atom stereocenters. The molecule has 0 aliphatic carbocycles. The van der Waals surface area contributed by atoms with Crippen molar-refractivity contribution in [3.8, 4) is 0 Å². The summed E-state index contributed by atoms with van der Waals surface area (Å²) in [5, 5.41) is 0. The van der Waals surface area contributed by atoms with Crippen LogP contribution in [0, 0.1) is 0 Å². The molecule has 1 fully saturated rings. The lowest BCUT2D eigenvalue weighted by Crippen LogP contribution is -2.50. The predicted molar refractivity (Wildman–Crippen MR) is 108 cm³/mol. The van der Waals surface area contributed by atoms with Gasteiger partial charge in [0.15, 0.2) is 0 Å². The van der Waals surface area contributed by atoms with Gasteiger partial charge in [-0.25, -0.2) is 4.79 Å². The molecule has 1 aromatic heterocycles. The maximum absolute atomic E-state index is 12.7. The van der Waals surface area contributed by atoms with Crippen LogP contribution in [0.4, 0.5) is 0 Å². The van der Waals surface area contributed by atoms with E-state index in [2.05, 4.69) is 23.6 Å². The van der Waals surface area contributed by atoms with Crippen LogP contribution in [-0.4, -0.2) is 65.9 Å². The largest absolute Gasteiger partial charge is 0.465 e. The van der Waals surface area contributed by atoms with E-state index in [1.54, 1.807) is 9.80 Å². The minimum atomic E-state index is -0.495. The van der Waals surface area contributed by atoms with E-state index >= 15 is 0 Å². The molecule has 0 unspecified atom stereocenters. The lowest BCUT2D eigenvalue weighted by atomic mass is 10.0. The topological polar surface area (TPSA) is 79.8 Å². The Morgan fingerprint density at radius 1 is 0.862 bits per heavy atom. The summed E-state index contributed by atoms with van der Waals surface area (Å²) in [5.74, 6) is -0.309. The fourth-order valence-electron chi connectivity index (χ4n) is 3.23. The molecule has 1 aromatic carbocycles. The Kier molecular flexibility index (Phi) is 6.26. The molecule has 0 spiro atoms. The molecule has 29 heavy (non-hydrogen) atoms. The minimum absolute atomic E-state index is 0.0204. The summed E-state index contributed by atoms with van der Waals surface area (Å²) in [5.41, 5.74) is 2.42. The average molecular weight is 395 g/mol. The van der Waals surface area contributed by atoms with Gasteiger partial charge in [-0.3, -0.25) is 14.6 Å². The van der Waals surface area contributed by atoms with Crippen LogP contribution in [0.1, 0.15) is 56.5 Å². The first kappa shape index (κ1) is 20.5. The predicted octanol–water partition coefficient (Wildman–Crippen LogP) is 2.59. The molecule has 0 N–H and O–H groups in total. The SMILES string of the molecule is COC(=O)c1ccc(C(=O)N2CCN(C(=O)c3ccc(C(C)C)cc3)CC2)nc1. The van der Waals surface area contributed by atoms with Crippen molar-refractivity contribution in [3.05, 3.63) is 65.0 Å². The van der Waals surface area contributed by atoms with Gasteiger partial charge in [-0.05, 0) is 35.7 Å². The van der Waals surface area contributed by atoms with Crippen LogP contribution < -0.4 is 0 Å². The molecule has 7 nitrogen and oxygen atoms in total. The van der Waals surface area contributed by atoms with Crippen molar-refractivity contribution in [1.82, 2.24) is 14.8 Å². The number of methoxy groups -OCH3 is 1. The zero-order valence-corrected chi connectivity index (χ0v) is 16.9. The number of nitrogens with zero attached hydrogens (tertiary/aromatic N) is 3. The number of pyridine rings is 1. The number of aromatic nitrogens is 1. The van der Waals surface area contributed by atoms with Crippen LogP contribution >= 0.6 is 0 Å². The van der Waals surface area contributed by atoms with Crippen molar-refractivity contribution >= 4 is 17.8 Å². The summed E-state index contributed by atoms with van der Waals surface area (Å²) in [6.07, 6.45) is 1.33. The molecule has 2 heterocycles. The Balaban J connectivity index is 1.58. The molecular formula is C22H25N3O4. The number of rotatable bonds is 4. The number of hydrogen-bond acceptors (Lipinski definition) is 5. The lowest BCUT2D eigenvalue weighted by Gasteiger charge is -2.34. The summed E-state index contributed by atoms with van der Waals surface area (Å²) in [6.45, 7) is 6.05. The Bertz CT molecular complexity index is 883. The van der Waals surface area contributed by atoms with Crippen molar-refractivity contribution in [2.45, 2.75) is 19.8 Å². The molecule has 1 saturated heterocycles. The molecule has 3 rings (SSSR count). The third kappa shape index (κ3) is 4.62. The monoisotopic (exact) mass is 395 g/mol. The third-order valence-electron chi connectivity index (χ3n) is 5.08. The standard InChI is InChI=1S/C22H25N3O4/c1-15(2)16-4-6-17(7-5-16)20(26)24-10-12-25(13-11-24)21(27)19-9-8-18(14-23-19)22(28)29-3/h4-9,14-15H,10-13H2,1-3H3. The van der Waals surface area contributed by atoms with Gasteiger partial charge in [-0.2, -0.15) is 0 Å². The Morgan fingerprint density at radius 3 is 1.90 bits per heavy atom. The number of benzene rings is 1. The van der Waals surface area contributed by atoms with Crippen molar-refractivity contribution < 1.29 is 19.1 Å². The minimum Gasteiger partial charge on any atom is -0.465 e. The normalized spacial score (nSPS) is 14.1. The molecule has 1 aliphatic rings. The van der Waals surface area contributed by atoms with E-state index in [0.29, 0.717) is 43.2 Å². The van der Waals surface area contributed by atoms with Crippen LogP contribution in [0.25, 0.3) is 0 Å². The zero-order chi connectivity index (χ0) is 21.0. The van der Waals surface area contributed by atoms with Crippen molar-refractivity contribution in [2.24, 2.45) is 0 Å². The van der Waals surface area contributed by atoms with E-state index in [1.165, 1.54) is 31.0 Å². The maximum atomic E-state index is 12.7. The Morgan fingerprint density at radius 2 is 1.41 bits per heavy atom. The van der Waals surface area contributed by atoms with E-state index in [-0.39, 0.29) is 17.5 Å². The molecule has 0 saturated carbocycles. The second-order valence-electron chi connectivity index (χ2n) is 7.28. The highest BCUT2D eigenvalue weighted by Crippen LogP contribution is 2.17. The van der Waals surface area contributed by atoms with E-state index in [9.17, 15) is 14.4 Å². The number of esters is 1. The van der Waals surface area contributed by atoms with Crippen molar-refractivity contribution in [1.29, 1.82) is 0 Å². The van der Waals surface area contributed by atoms with Crippen LogP contribution in [0.2, 0.25) is 0 Å². The van der Waals surface area contributed by atoms with E-state index in [1.807, 2.05) is 24.3 Å². The number of amides is 2. The smallest absolute Gasteiger partial charge is 0.339 e. The zero-order valence-electron chi connectivity index (χ0n) is 16.9. The fourth-order valence-corrected chi connectivity index (χ4v) is 3.23. The number of carbonyl (C=O) groups is 3. The fraction of sp³-hybridized carbons (Fsp3) is 0.364. The van der Waals surface area contributed by atoms with Gasteiger partial charge in [0.25, 0.3) is 11.8 Å². The molecule has 2 aromatic rings. The second kappa shape index (κ2) is 8.86. The van der Waals surface area contributed by atoms with Gasteiger partial charge in [0.05, 0.1) is 12.7 Å². The lowest BCUT2D eigenvalue weighted by molar-refractivity contribution is 0.0532. The summed E-state index contributed by atoms with van der Waals surface area (Å²) in [7, 11) is 1.29. The van der Waals surface area contributed by atoms with Crippen LogP contribution in [0.5, 0.6) is 0 Å². The second-order valence-corrected chi connectivity index (χ2v) is 7.28. The number of ether oxygens (including phenoxy) is 1. The van der Waals surface area contributed by atoms with Crippen LogP contribution in [0.3, 0.4) is 0 Å². The Labute approximate surface area is 170 Å². The van der Waals surface area contributed by atoms with Crippen LogP contribution in [0.15, 0.2) is 42.6 Å². The molecule has 2 amide bonds. The van der Waals surface area contributed by atoms with Crippen LogP contribution in [-0.2, 0) is 4.74 Å². The number of piperazine rings is 1. The van der Waals surface area contributed by atoms with Gasteiger partial charge < -0.3 is 14.5 Å². The van der Waals surface area contributed by atoms with Gasteiger partial charge in [0.1, 0.15) is 5.69 Å². The molecule has 152 valence electrons. The quantitative estimate of drug-likeness (QED) is 0.744. The van der Waals surface area contributed by atoms with Gasteiger partial charge in [0.2, 0.25) is 0 Å². The summed E-state index contributed by atoms with van der Waals surface area (Å²) in [4.78, 5) is 44.3. The first-order valence-corrected chi connectivity index (χ1v) is 9.63. The summed E-state index contributed by atoms with van der Waals surface area (Å²) >= 11 is 0. The van der Waals surface area contributed by atoms with Gasteiger partial charge in [-0.1, -0.05) is 26.0 Å². The van der Waals surface area contributed by atoms with Crippen molar-refractivity contribution in [3.63, 3.8) is 0 Å². The highest BCUT2D eigenvalue weighted by atomic mass is 16.5. The molecular weight excluding hydrogens is 370 g/mol. The Hall–Kier alpha value is -3.22. The summed E-state index contributed by atoms with van der Waals surface area (Å²) < 4.78 is 4.63. The molecule has 1 aliphatic heterocycles. The van der Waals surface area contributed by atoms with Gasteiger partial charge in [-0.15, -0.1) is 0 Å². The van der Waals surface area contributed by atoms with Crippen molar-refractivity contribution in [2.75, 3.05) is 33.3 Å². The van der Waals surface area contributed by atoms with E-state index in [0.717, 1.165) is 0 Å². The first-order chi connectivity index (χ1) is 13.9. The third-order valence-corrected chi connectivity index (χ3v) is 5.08. The first-order valence-electron chi connectivity index (χ1n) is 9.63. The molecule has 0 radical (unpaired) electrons. The maximum Gasteiger partial charge on any atom is 0.339 e. The van der Waals surface area contributed by atoms with E-state index in [4.69, 9.17) is 0 Å². The number of carbonyl (C=O) groups excluding carboxylic acids is 3. The van der Waals surface area contributed by atoms with E-state index < -0.39 is 5.97 Å². The molecule has 0 bridgehead atoms. The summed E-state index contributed by atoms with van der Waals surface area (Å²) in [6, 6.07) is 10.7. The van der Waals surface area contributed by atoms with Gasteiger partial charge in [0, 0.05) is 37.9 Å². The molecule has 7 heteroatoms. The highest BCUT2D eigenvalue weighted by molar-refractivity contribution is 5.96.